The van der Waals surface area contributed by atoms with Gasteiger partial charge in [-0.15, -0.1) is 0 Å². The number of rotatable bonds is 6. The third-order valence-corrected chi connectivity index (χ3v) is 5.79. The summed E-state index contributed by atoms with van der Waals surface area (Å²) in [5.41, 5.74) is 2.31. The number of carbonyl (C=O) groups is 2. The summed E-state index contributed by atoms with van der Waals surface area (Å²) in [5.74, 6) is -1.33. The molecule has 0 saturated heterocycles. The summed E-state index contributed by atoms with van der Waals surface area (Å²) in [7, 11) is 0. The number of halogens is 1. The molecule has 0 bridgehead atoms. The van der Waals surface area contributed by atoms with Crippen LogP contribution in [0.3, 0.4) is 0 Å². The highest BCUT2D eigenvalue weighted by Gasteiger charge is 2.48. The Bertz CT molecular complexity index is 1090. The fourth-order valence-electron chi connectivity index (χ4n) is 4.07. The SMILES string of the molecule is CCCCN1C(=O)C(C(=O)OCC)C(c2ccccc2Cl)n2c1nc1ccccc12. The van der Waals surface area contributed by atoms with Crippen LogP contribution in [0.2, 0.25) is 5.02 Å². The molecular weight excluding hydrogens is 402 g/mol. The topological polar surface area (TPSA) is 64.4 Å². The molecule has 0 spiro atoms. The van der Waals surface area contributed by atoms with Crippen molar-refractivity contribution in [3.63, 3.8) is 0 Å². The van der Waals surface area contributed by atoms with Crippen molar-refractivity contribution in [3.8, 4) is 0 Å². The van der Waals surface area contributed by atoms with E-state index in [-0.39, 0.29) is 12.5 Å². The van der Waals surface area contributed by atoms with E-state index in [4.69, 9.17) is 21.3 Å². The number of benzene rings is 2. The highest BCUT2D eigenvalue weighted by Crippen LogP contribution is 2.43. The standard InChI is InChI=1S/C23H24ClN3O3/c1-3-5-14-26-21(28)19(22(29)30-4-2)20(15-10-6-7-11-16(15)24)27-18-13-9-8-12-17(18)25-23(26)27/h6-13,19-20H,3-5,14H2,1-2H3. The number of amides is 1. The third kappa shape index (κ3) is 3.35. The van der Waals surface area contributed by atoms with Crippen molar-refractivity contribution in [2.24, 2.45) is 5.92 Å². The number of para-hydroxylation sites is 2. The van der Waals surface area contributed by atoms with Crippen LogP contribution in [0.5, 0.6) is 0 Å². The molecule has 1 amide bonds. The van der Waals surface area contributed by atoms with Crippen LogP contribution in [0.15, 0.2) is 48.5 Å². The van der Waals surface area contributed by atoms with Gasteiger partial charge in [0.2, 0.25) is 11.9 Å². The van der Waals surface area contributed by atoms with Gasteiger partial charge in [-0.1, -0.05) is 55.3 Å². The van der Waals surface area contributed by atoms with Gasteiger partial charge in [0.1, 0.15) is 0 Å². The van der Waals surface area contributed by atoms with Crippen molar-refractivity contribution in [2.75, 3.05) is 18.1 Å². The molecule has 2 heterocycles. The lowest BCUT2D eigenvalue weighted by molar-refractivity contribution is -0.153. The quantitative estimate of drug-likeness (QED) is 0.427. The molecule has 1 aliphatic rings. The molecule has 0 N–H and O–H groups in total. The highest BCUT2D eigenvalue weighted by molar-refractivity contribution is 6.31. The molecule has 4 rings (SSSR count). The molecule has 0 fully saturated rings. The van der Waals surface area contributed by atoms with Crippen LogP contribution < -0.4 is 4.90 Å². The minimum atomic E-state index is -1.04. The maximum atomic E-state index is 13.6. The Morgan fingerprint density at radius 1 is 1.13 bits per heavy atom. The largest absolute Gasteiger partial charge is 0.465 e. The Morgan fingerprint density at radius 3 is 2.60 bits per heavy atom. The van der Waals surface area contributed by atoms with Gasteiger partial charge in [0.25, 0.3) is 0 Å². The van der Waals surface area contributed by atoms with Crippen LogP contribution in [-0.4, -0.2) is 34.6 Å². The summed E-state index contributed by atoms with van der Waals surface area (Å²) in [6, 6.07) is 14.4. The number of esters is 1. The van der Waals surface area contributed by atoms with Gasteiger partial charge in [-0.05, 0) is 37.1 Å². The number of nitrogens with zero attached hydrogens (tertiary/aromatic N) is 3. The lowest BCUT2D eigenvalue weighted by Crippen LogP contribution is -2.50. The Hall–Kier alpha value is -2.86. The van der Waals surface area contributed by atoms with E-state index < -0.39 is 17.9 Å². The van der Waals surface area contributed by atoms with Crippen molar-refractivity contribution in [2.45, 2.75) is 32.7 Å². The molecule has 3 aromatic rings. The maximum Gasteiger partial charge on any atom is 0.321 e. The number of anilines is 1. The van der Waals surface area contributed by atoms with Crippen molar-refractivity contribution < 1.29 is 14.3 Å². The number of unbranched alkanes of at least 4 members (excludes halogenated alkanes) is 1. The molecule has 1 aromatic heterocycles. The van der Waals surface area contributed by atoms with Crippen molar-refractivity contribution in [1.29, 1.82) is 0 Å². The third-order valence-electron chi connectivity index (χ3n) is 5.44. The number of hydrogen-bond donors (Lipinski definition) is 0. The van der Waals surface area contributed by atoms with E-state index in [2.05, 4.69) is 6.92 Å². The van der Waals surface area contributed by atoms with Gasteiger partial charge in [-0.2, -0.15) is 0 Å². The maximum absolute atomic E-state index is 13.6. The van der Waals surface area contributed by atoms with Gasteiger partial charge in [0.05, 0.1) is 23.7 Å². The van der Waals surface area contributed by atoms with E-state index in [1.54, 1.807) is 17.9 Å². The molecule has 0 saturated carbocycles. The average molecular weight is 426 g/mol. The molecule has 2 aromatic carbocycles. The van der Waals surface area contributed by atoms with Crippen LogP contribution in [-0.2, 0) is 14.3 Å². The summed E-state index contributed by atoms with van der Waals surface area (Å²) in [5, 5.41) is 0.496. The van der Waals surface area contributed by atoms with Gasteiger partial charge >= 0.3 is 5.97 Å². The van der Waals surface area contributed by atoms with E-state index in [1.165, 1.54) is 0 Å². The molecule has 0 radical (unpaired) electrons. The number of ether oxygens (including phenoxy) is 1. The van der Waals surface area contributed by atoms with Crippen molar-refractivity contribution >= 4 is 40.5 Å². The van der Waals surface area contributed by atoms with Crippen LogP contribution in [0, 0.1) is 5.92 Å². The summed E-state index contributed by atoms with van der Waals surface area (Å²) < 4.78 is 7.30. The normalized spacial score (nSPS) is 18.5. The first-order valence-corrected chi connectivity index (χ1v) is 10.7. The van der Waals surface area contributed by atoms with Crippen LogP contribution in [0.4, 0.5) is 5.95 Å². The first-order valence-electron chi connectivity index (χ1n) is 10.3. The van der Waals surface area contributed by atoms with Crippen LogP contribution in [0.1, 0.15) is 38.3 Å². The lowest BCUT2D eigenvalue weighted by Gasteiger charge is -2.38. The summed E-state index contributed by atoms with van der Waals surface area (Å²) >= 11 is 6.55. The molecule has 30 heavy (non-hydrogen) atoms. The Morgan fingerprint density at radius 2 is 1.87 bits per heavy atom. The van der Waals surface area contributed by atoms with E-state index in [9.17, 15) is 9.59 Å². The fraction of sp³-hybridized carbons (Fsp3) is 0.348. The summed E-state index contributed by atoms with van der Waals surface area (Å²) in [6.45, 7) is 4.49. The monoisotopic (exact) mass is 425 g/mol. The van der Waals surface area contributed by atoms with Gasteiger partial charge in [-0.3, -0.25) is 14.5 Å². The van der Waals surface area contributed by atoms with Gasteiger partial charge in [0, 0.05) is 11.6 Å². The first kappa shape index (κ1) is 20.4. The predicted molar refractivity (Wildman–Crippen MR) is 117 cm³/mol. The molecule has 7 heteroatoms. The second kappa shape index (κ2) is 8.48. The molecule has 2 unspecified atom stereocenters. The number of aromatic nitrogens is 2. The lowest BCUT2D eigenvalue weighted by atomic mass is 9.89. The molecule has 2 atom stereocenters. The van der Waals surface area contributed by atoms with Crippen LogP contribution >= 0.6 is 11.6 Å². The zero-order valence-electron chi connectivity index (χ0n) is 17.0. The van der Waals surface area contributed by atoms with Crippen molar-refractivity contribution in [3.05, 3.63) is 59.1 Å². The first-order chi connectivity index (χ1) is 14.6. The number of imidazole rings is 1. The van der Waals surface area contributed by atoms with Gasteiger partial charge in [0.15, 0.2) is 5.92 Å². The number of carbonyl (C=O) groups excluding carboxylic acids is 2. The second-order valence-corrected chi connectivity index (χ2v) is 7.72. The highest BCUT2D eigenvalue weighted by atomic mass is 35.5. The van der Waals surface area contributed by atoms with Gasteiger partial charge in [-0.25, -0.2) is 4.98 Å². The number of hydrogen-bond acceptors (Lipinski definition) is 4. The van der Waals surface area contributed by atoms with Crippen LogP contribution in [0.25, 0.3) is 11.0 Å². The van der Waals surface area contributed by atoms with E-state index in [0.717, 1.165) is 23.9 Å². The second-order valence-electron chi connectivity index (χ2n) is 7.31. The molecule has 1 aliphatic heterocycles. The van der Waals surface area contributed by atoms with E-state index >= 15 is 0 Å². The zero-order chi connectivity index (χ0) is 21.3. The van der Waals surface area contributed by atoms with Gasteiger partial charge < -0.3 is 9.30 Å². The summed E-state index contributed by atoms with van der Waals surface area (Å²) in [4.78, 5) is 33.0. The number of fused-ring (bicyclic) bond motifs is 3. The minimum absolute atomic E-state index is 0.199. The zero-order valence-corrected chi connectivity index (χ0v) is 17.8. The fourth-order valence-corrected chi connectivity index (χ4v) is 4.32. The molecule has 0 aliphatic carbocycles. The molecule has 6 nitrogen and oxygen atoms in total. The molecular formula is C23H24ClN3O3. The van der Waals surface area contributed by atoms with E-state index in [0.29, 0.717) is 23.1 Å². The Kier molecular flexibility index (Phi) is 5.77. The predicted octanol–water partition coefficient (Wildman–Crippen LogP) is 4.61. The summed E-state index contributed by atoms with van der Waals surface area (Å²) in [6.07, 6.45) is 1.73. The Balaban J connectivity index is 2.00. The Labute approximate surface area is 180 Å². The minimum Gasteiger partial charge on any atom is -0.465 e. The molecule has 156 valence electrons. The van der Waals surface area contributed by atoms with E-state index in [1.807, 2.05) is 47.0 Å². The smallest absolute Gasteiger partial charge is 0.321 e. The van der Waals surface area contributed by atoms with Crippen molar-refractivity contribution in [1.82, 2.24) is 9.55 Å². The average Bonchev–Trinajstić information content (AvgIpc) is 3.12.